The van der Waals surface area contributed by atoms with Crippen molar-refractivity contribution in [1.82, 2.24) is 4.98 Å². The fourth-order valence-electron chi connectivity index (χ4n) is 3.04. The molecule has 3 aromatic carbocycles. The second-order valence-corrected chi connectivity index (χ2v) is 7.87. The topological polar surface area (TPSA) is 131 Å². The van der Waals surface area contributed by atoms with Gasteiger partial charge in [0, 0.05) is 22.6 Å². The maximum Gasteiger partial charge on any atom is 0.299 e. The molecular weight excluding hydrogens is 468 g/mol. The van der Waals surface area contributed by atoms with Gasteiger partial charge in [-0.25, -0.2) is 10.4 Å². The number of nitrogens with zero attached hydrogens (tertiary/aromatic N) is 5. The molecule has 1 heterocycles. The standard InChI is InChI=1S/C24H18N6O4S/c31-16-34-23(14-18-6-4-5-9-22(18)30(32)33)28-29-24-25-21(15-35-24)17-10-12-20(13-11-17)27-26-19-7-2-1-3-8-19/h1-13,15-16H,14H2,(H,25,29). The third-order valence-corrected chi connectivity index (χ3v) is 5.44. The molecule has 0 radical (unpaired) electrons. The van der Waals surface area contributed by atoms with E-state index in [0.717, 1.165) is 16.9 Å². The van der Waals surface area contributed by atoms with E-state index in [1.807, 2.05) is 60.0 Å². The fraction of sp³-hybridized carbons (Fsp3) is 0.0417. The van der Waals surface area contributed by atoms with E-state index in [4.69, 9.17) is 4.74 Å². The summed E-state index contributed by atoms with van der Waals surface area (Å²) in [5.41, 5.74) is 6.10. The number of para-hydroxylation sites is 1. The summed E-state index contributed by atoms with van der Waals surface area (Å²) in [6.45, 7) is 0.221. The van der Waals surface area contributed by atoms with Crippen LogP contribution in [0.3, 0.4) is 0 Å². The lowest BCUT2D eigenvalue weighted by Crippen LogP contribution is -2.11. The van der Waals surface area contributed by atoms with Crippen molar-refractivity contribution in [2.75, 3.05) is 5.43 Å². The van der Waals surface area contributed by atoms with E-state index in [-0.39, 0.29) is 24.5 Å². The maximum absolute atomic E-state index is 11.2. The Bertz CT molecular complexity index is 1370. The molecule has 4 rings (SSSR count). The predicted molar refractivity (Wildman–Crippen MR) is 133 cm³/mol. The van der Waals surface area contributed by atoms with Gasteiger partial charge in [0.2, 0.25) is 11.0 Å². The zero-order valence-corrected chi connectivity index (χ0v) is 19.0. The van der Waals surface area contributed by atoms with Gasteiger partial charge in [0.15, 0.2) is 0 Å². The fourth-order valence-corrected chi connectivity index (χ4v) is 3.70. The molecule has 11 heteroatoms. The van der Waals surface area contributed by atoms with Gasteiger partial charge in [-0.1, -0.05) is 48.5 Å². The average Bonchev–Trinajstić information content (AvgIpc) is 3.36. The number of rotatable bonds is 9. The molecule has 0 aliphatic heterocycles. The van der Waals surface area contributed by atoms with Gasteiger partial charge in [0.05, 0.1) is 28.4 Å². The summed E-state index contributed by atoms with van der Waals surface area (Å²) in [4.78, 5) is 26.1. The van der Waals surface area contributed by atoms with Gasteiger partial charge in [0.25, 0.3) is 12.2 Å². The zero-order valence-electron chi connectivity index (χ0n) is 18.1. The summed E-state index contributed by atoms with van der Waals surface area (Å²) in [5, 5.41) is 26.0. The molecule has 10 nitrogen and oxygen atoms in total. The Balaban J connectivity index is 1.43. The van der Waals surface area contributed by atoms with Crippen LogP contribution in [0, 0.1) is 10.1 Å². The van der Waals surface area contributed by atoms with Crippen molar-refractivity contribution in [2.24, 2.45) is 15.3 Å². The highest BCUT2D eigenvalue weighted by molar-refractivity contribution is 7.14. The normalized spacial score (nSPS) is 11.4. The number of ether oxygens (including phenoxy) is 1. The summed E-state index contributed by atoms with van der Waals surface area (Å²) in [6.07, 6.45) is -0.0415. The lowest BCUT2D eigenvalue weighted by Gasteiger charge is -2.05. The minimum absolute atomic E-state index is 0.0285. The van der Waals surface area contributed by atoms with Crippen molar-refractivity contribution in [2.45, 2.75) is 6.42 Å². The lowest BCUT2D eigenvalue weighted by atomic mass is 10.1. The monoisotopic (exact) mass is 486 g/mol. The predicted octanol–water partition coefficient (Wildman–Crippen LogP) is 6.27. The highest BCUT2D eigenvalue weighted by Crippen LogP contribution is 2.27. The van der Waals surface area contributed by atoms with E-state index >= 15 is 0 Å². The molecule has 0 unspecified atom stereocenters. The molecule has 0 bridgehead atoms. The smallest absolute Gasteiger partial charge is 0.299 e. The van der Waals surface area contributed by atoms with Crippen molar-refractivity contribution in [3.63, 3.8) is 0 Å². The number of hydrogen-bond acceptors (Lipinski definition) is 10. The molecule has 0 fully saturated rings. The molecule has 0 atom stereocenters. The Hall–Kier alpha value is -4.77. The number of thiazole rings is 1. The van der Waals surface area contributed by atoms with Crippen LogP contribution in [0.5, 0.6) is 0 Å². The third-order valence-electron chi connectivity index (χ3n) is 4.69. The van der Waals surface area contributed by atoms with E-state index in [1.165, 1.54) is 17.4 Å². The molecule has 174 valence electrons. The number of anilines is 1. The zero-order chi connectivity index (χ0) is 24.5. The van der Waals surface area contributed by atoms with Crippen LogP contribution in [0.4, 0.5) is 22.2 Å². The number of carbonyl (C=O) groups is 1. The van der Waals surface area contributed by atoms with Gasteiger partial charge in [-0.05, 0) is 24.3 Å². The van der Waals surface area contributed by atoms with Gasteiger partial charge in [-0.2, -0.15) is 10.2 Å². The number of carbonyl (C=O) groups excluding carboxylic acids is 1. The molecule has 0 spiro atoms. The molecule has 0 saturated carbocycles. The van der Waals surface area contributed by atoms with Crippen molar-refractivity contribution in [1.29, 1.82) is 0 Å². The first-order valence-electron chi connectivity index (χ1n) is 10.3. The number of nitrogens with one attached hydrogen (secondary N) is 1. The highest BCUT2D eigenvalue weighted by atomic mass is 32.1. The summed E-state index contributed by atoms with van der Waals surface area (Å²) < 4.78 is 4.90. The molecular formula is C24H18N6O4S. The first kappa shape index (κ1) is 23.4. The third kappa shape index (κ3) is 6.39. The molecule has 1 aromatic heterocycles. The molecule has 1 N–H and O–H groups in total. The summed E-state index contributed by atoms with van der Waals surface area (Å²) in [6, 6.07) is 23.1. The van der Waals surface area contributed by atoms with Gasteiger partial charge in [0.1, 0.15) is 0 Å². The Morgan fingerprint density at radius 1 is 1.00 bits per heavy atom. The number of nitro groups is 1. The lowest BCUT2D eigenvalue weighted by molar-refractivity contribution is -0.385. The average molecular weight is 487 g/mol. The number of nitro benzene ring substituents is 1. The Morgan fingerprint density at radius 3 is 2.40 bits per heavy atom. The first-order chi connectivity index (χ1) is 17.1. The quantitative estimate of drug-likeness (QED) is 0.0740. The van der Waals surface area contributed by atoms with Crippen LogP contribution in [0.1, 0.15) is 5.56 Å². The number of aromatic nitrogens is 1. The van der Waals surface area contributed by atoms with Crippen LogP contribution < -0.4 is 5.43 Å². The highest BCUT2D eigenvalue weighted by Gasteiger charge is 2.16. The number of hydrogen-bond donors (Lipinski definition) is 1. The first-order valence-corrected chi connectivity index (χ1v) is 11.2. The van der Waals surface area contributed by atoms with Crippen molar-refractivity contribution >= 4 is 45.9 Å². The summed E-state index contributed by atoms with van der Waals surface area (Å²) in [5.74, 6) is -0.0285. The maximum atomic E-state index is 11.2. The molecule has 0 aliphatic rings. The number of benzene rings is 3. The van der Waals surface area contributed by atoms with Gasteiger partial charge in [-0.15, -0.1) is 16.4 Å². The van der Waals surface area contributed by atoms with E-state index in [2.05, 4.69) is 25.7 Å². The number of hydrazone groups is 1. The van der Waals surface area contributed by atoms with Crippen LogP contribution in [0.15, 0.2) is 99.6 Å². The van der Waals surface area contributed by atoms with Gasteiger partial charge >= 0.3 is 0 Å². The minimum Gasteiger partial charge on any atom is -0.412 e. The Labute approximate surface area is 203 Å². The second kappa shape index (κ2) is 11.4. The van der Waals surface area contributed by atoms with E-state index < -0.39 is 4.92 Å². The van der Waals surface area contributed by atoms with E-state index in [0.29, 0.717) is 16.4 Å². The summed E-state index contributed by atoms with van der Waals surface area (Å²) >= 11 is 1.31. The van der Waals surface area contributed by atoms with Crippen molar-refractivity contribution in [3.8, 4) is 11.3 Å². The van der Waals surface area contributed by atoms with Crippen molar-refractivity contribution < 1.29 is 14.5 Å². The molecule has 35 heavy (non-hydrogen) atoms. The minimum atomic E-state index is -0.497. The largest absolute Gasteiger partial charge is 0.412 e. The van der Waals surface area contributed by atoms with Gasteiger partial charge < -0.3 is 4.74 Å². The van der Waals surface area contributed by atoms with Crippen LogP contribution in [-0.4, -0.2) is 22.3 Å². The van der Waals surface area contributed by atoms with Crippen molar-refractivity contribution in [3.05, 3.63) is 99.9 Å². The van der Waals surface area contributed by atoms with Crippen LogP contribution >= 0.6 is 11.3 Å². The van der Waals surface area contributed by atoms with E-state index in [1.54, 1.807) is 18.2 Å². The van der Waals surface area contributed by atoms with Crippen LogP contribution in [0.2, 0.25) is 0 Å². The summed E-state index contributed by atoms with van der Waals surface area (Å²) in [7, 11) is 0. The molecule has 0 amide bonds. The molecule has 0 saturated heterocycles. The Kier molecular flexibility index (Phi) is 7.61. The SMILES string of the molecule is O=COC(Cc1ccccc1[N+](=O)[O-])=NNc1nc(-c2ccc(N=Nc3ccccc3)cc2)cs1. The molecule has 0 aliphatic carbocycles. The van der Waals surface area contributed by atoms with Crippen LogP contribution in [0.25, 0.3) is 11.3 Å². The Morgan fingerprint density at radius 2 is 1.69 bits per heavy atom. The molecule has 4 aromatic rings. The van der Waals surface area contributed by atoms with E-state index in [9.17, 15) is 14.9 Å². The van der Waals surface area contributed by atoms with Crippen LogP contribution in [-0.2, 0) is 16.0 Å². The number of azo groups is 1. The second-order valence-electron chi connectivity index (χ2n) is 7.01. The van der Waals surface area contributed by atoms with Gasteiger partial charge in [-0.3, -0.25) is 14.9 Å².